The molecule has 1 unspecified atom stereocenters. The minimum Gasteiger partial charge on any atom is -0.593 e. The Morgan fingerprint density at radius 2 is 1.93 bits per heavy atom. The maximum Gasteiger partial charge on any atom is 0.410 e. The molecule has 0 radical (unpaired) electrons. The molecule has 1 N–H and O–H groups in total. The Balaban J connectivity index is 1.81. The summed E-state index contributed by atoms with van der Waals surface area (Å²) < 4.78 is 46.2. The Hall–Kier alpha value is -1.87. The van der Waals surface area contributed by atoms with Crippen LogP contribution in [0.2, 0.25) is 0 Å². The molecular formula is C18H24F2N2O4S. The second kappa shape index (κ2) is 8.88. The van der Waals surface area contributed by atoms with Crippen LogP contribution in [0.25, 0.3) is 0 Å². The third-order valence-corrected chi connectivity index (χ3v) is 5.04. The number of benzene rings is 1. The number of ether oxygens (including phenoxy) is 1. The Kier molecular flexibility index (Phi) is 7.05. The van der Waals surface area contributed by atoms with Gasteiger partial charge in [0.05, 0.1) is 11.4 Å². The monoisotopic (exact) mass is 402 g/mol. The van der Waals surface area contributed by atoms with E-state index < -0.39 is 40.6 Å². The summed E-state index contributed by atoms with van der Waals surface area (Å²) in [6.45, 7) is 6.08. The molecule has 6 nitrogen and oxygen atoms in total. The van der Waals surface area contributed by atoms with Crippen molar-refractivity contribution in [3.63, 3.8) is 0 Å². The topological polar surface area (TPSA) is 81.7 Å². The van der Waals surface area contributed by atoms with E-state index in [4.69, 9.17) is 4.74 Å². The maximum atomic E-state index is 13.6. The Morgan fingerprint density at radius 3 is 2.48 bits per heavy atom. The summed E-state index contributed by atoms with van der Waals surface area (Å²) in [4.78, 5) is 25.8. The molecule has 1 aromatic rings. The number of likely N-dealkylation sites (tertiary alicyclic amines) is 1. The summed E-state index contributed by atoms with van der Waals surface area (Å²) in [7, 11) is 0. The number of hydrogen-bond donors (Lipinski definition) is 1. The highest BCUT2D eigenvalue weighted by Crippen LogP contribution is 2.20. The van der Waals surface area contributed by atoms with Crippen molar-refractivity contribution >= 4 is 23.4 Å². The SMILES string of the molecule is CC(C)(C)OC(=O)N1CCC(C(=O)N[S+]([O-])Cc2ccc(F)cc2F)CC1. The van der Waals surface area contributed by atoms with Gasteiger partial charge in [-0.1, -0.05) is 0 Å². The summed E-state index contributed by atoms with van der Waals surface area (Å²) in [6, 6.07) is 2.98. The molecule has 0 spiro atoms. The van der Waals surface area contributed by atoms with Crippen molar-refractivity contribution in [3.8, 4) is 0 Å². The molecule has 0 aromatic heterocycles. The van der Waals surface area contributed by atoms with Crippen LogP contribution in [-0.4, -0.2) is 40.1 Å². The van der Waals surface area contributed by atoms with Crippen molar-refractivity contribution in [3.05, 3.63) is 35.4 Å². The third-order valence-electron chi connectivity index (χ3n) is 4.03. The smallest absolute Gasteiger partial charge is 0.410 e. The number of nitrogens with one attached hydrogen (secondary N) is 1. The fraction of sp³-hybridized carbons (Fsp3) is 0.556. The van der Waals surface area contributed by atoms with Gasteiger partial charge in [0.25, 0.3) is 5.91 Å². The van der Waals surface area contributed by atoms with Gasteiger partial charge in [-0.3, -0.25) is 4.79 Å². The Morgan fingerprint density at radius 1 is 1.30 bits per heavy atom. The largest absolute Gasteiger partial charge is 0.593 e. The molecule has 1 atom stereocenters. The van der Waals surface area contributed by atoms with E-state index in [1.165, 1.54) is 6.07 Å². The van der Waals surface area contributed by atoms with Crippen molar-refractivity contribution in [2.75, 3.05) is 13.1 Å². The van der Waals surface area contributed by atoms with Crippen LogP contribution in [-0.2, 0) is 26.6 Å². The molecule has 27 heavy (non-hydrogen) atoms. The first-order chi connectivity index (χ1) is 12.5. The molecule has 1 heterocycles. The average Bonchev–Trinajstić information content (AvgIpc) is 2.56. The second-order valence-electron chi connectivity index (χ2n) is 7.43. The van der Waals surface area contributed by atoms with Crippen LogP contribution in [0, 0.1) is 17.6 Å². The van der Waals surface area contributed by atoms with Gasteiger partial charge in [-0.15, -0.1) is 0 Å². The lowest BCUT2D eigenvalue weighted by Gasteiger charge is -2.32. The molecule has 1 fully saturated rings. The van der Waals surface area contributed by atoms with Crippen LogP contribution >= 0.6 is 0 Å². The fourth-order valence-corrected chi connectivity index (χ4v) is 3.64. The van der Waals surface area contributed by atoms with Crippen molar-refractivity contribution in [1.29, 1.82) is 0 Å². The summed E-state index contributed by atoms with van der Waals surface area (Å²) in [6.07, 6.45) is 0.428. The van der Waals surface area contributed by atoms with E-state index in [0.717, 1.165) is 6.07 Å². The van der Waals surface area contributed by atoms with E-state index in [-0.39, 0.29) is 17.2 Å². The lowest BCUT2D eigenvalue weighted by atomic mass is 9.97. The molecule has 0 saturated carbocycles. The summed E-state index contributed by atoms with van der Waals surface area (Å²) >= 11 is -1.82. The van der Waals surface area contributed by atoms with E-state index in [9.17, 15) is 22.9 Å². The maximum absolute atomic E-state index is 13.6. The van der Waals surface area contributed by atoms with Gasteiger partial charge in [-0.25, -0.2) is 13.6 Å². The zero-order chi connectivity index (χ0) is 20.2. The van der Waals surface area contributed by atoms with Crippen molar-refractivity contribution in [2.45, 2.75) is 45.0 Å². The van der Waals surface area contributed by atoms with Gasteiger partial charge in [0.15, 0.2) is 5.75 Å². The van der Waals surface area contributed by atoms with Crippen molar-refractivity contribution < 1.29 is 27.7 Å². The van der Waals surface area contributed by atoms with E-state index in [1.54, 1.807) is 25.7 Å². The van der Waals surface area contributed by atoms with E-state index >= 15 is 0 Å². The van der Waals surface area contributed by atoms with Gasteiger partial charge in [-0.2, -0.15) is 4.72 Å². The highest BCUT2D eigenvalue weighted by atomic mass is 32.2. The lowest BCUT2D eigenvalue weighted by molar-refractivity contribution is -0.124. The minimum absolute atomic E-state index is 0.0646. The molecular weight excluding hydrogens is 378 g/mol. The molecule has 1 aliphatic heterocycles. The number of nitrogens with zero attached hydrogens (tertiary/aromatic N) is 1. The van der Waals surface area contributed by atoms with E-state index in [2.05, 4.69) is 4.72 Å². The van der Waals surface area contributed by atoms with Gasteiger partial charge in [0, 0.05) is 30.6 Å². The fourth-order valence-electron chi connectivity index (χ4n) is 2.66. The zero-order valence-electron chi connectivity index (χ0n) is 15.6. The van der Waals surface area contributed by atoms with Crippen LogP contribution in [0.15, 0.2) is 18.2 Å². The summed E-state index contributed by atoms with van der Waals surface area (Å²) in [5.74, 6) is -2.55. The molecule has 2 amide bonds. The predicted molar refractivity (Wildman–Crippen MR) is 96.9 cm³/mol. The number of carbonyl (C=O) groups excluding carboxylic acids is 2. The molecule has 0 bridgehead atoms. The summed E-state index contributed by atoms with van der Waals surface area (Å²) in [5, 5.41) is 0. The van der Waals surface area contributed by atoms with Gasteiger partial charge in [0.2, 0.25) is 0 Å². The average molecular weight is 402 g/mol. The van der Waals surface area contributed by atoms with Crippen LogP contribution in [0.5, 0.6) is 0 Å². The Labute approximate surface area is 160 Å². The molecule has 150 valence electrons. The predicted octanol–water partition coefficient (Wildman–Crippen LogP) is 2.89. The standard InChI is InChI=1S/C18H24F2N2O4S/c1-18(2,3)26-17(24)22-8-6-12(7-9-22)16(23)21-27(25)11-13-4-5-14(19)10-15(13)20/h4-5,10,12H,6-9,11H2,1-3H3,(H,21,23). The molecule has 1 aromatic carbocycles. The lowest BCUT2D eigenvalue weighted by Crippen LogP contribution is -2.45. The number of amides is 2. The van der Waals surface area contributed by atoms with Crippen LogP contribution in [0.3, 0.4) is 0 Å². The van der Waals surface area contributed by atoms with Gasteiger partial charge < -0.3 is 14.2 Å². The number of hydrogen-bond acceptors (Lipinski definition) is 4. The number of carbonyl (C=O) groups is 2. The molecule has 9 heteroatoms. The minimum atomic E-state index is -1.82. The van der Waals surface area contributed by atoms with Crippen LogP contribution in [0.1, 0.15) is 39.2 Å². The highest BCUT2D eigenvalue weighted by Gasteiger charge is 2.31. The second-order valence-corrected chi connectivity index (χ2v) is 8.62. The first kappa shape index (κ1) is 21.4. The first-order valence-corrected chi connectivity index (χ1v) is 9.98. The van der Waals surface area contributed by atoms with Gasteiger partial charge in [0.1, 0.15) is 17.2 Å². The van der Waals surface area contributed by atoms with Gasteiger partial charge >= 0.3 is 6.09 Å². The quantitative estimate of drug-likeness (QED) is 0.785. The number of halogens is 2. The van der Waals surface area contributed by atoms with E-state index in [0.29, 0.717) is 32.0 Å². The Bertz CT molecular complexity index is 688. The molecule has 2 rings (SSSR count). The number of rotatable bonds is 4. The normalized spacial score (nSPS) is 16.7. The van der Waals surface area contributed by atoms with Crippen LogP contribution < -0.4 is 4.72 Å². The van der Waals surface area contributed by atoms with Gasteiger partial charge in [-0.05, 0) is 45.7 Å². The van der Waals surface area contributed by atoms with Crippen molar-refractivity contribution in [2.24, 2.45) is 5.92 Å². The highest BCUT2D eigenvalue weighted by molar-refractivity contribution is 7.89. The van der Waals surface area contributed by atoms with Crippen LogP contribution in [0.4, 0.5) is 13.6 Å². The van der Waals surface area contributed by atoms with E-state index in [1.807, 2.05) is 0 Å². The molecule has 0 aliphatic carbocycles. The molecule has 1 saturated heterocycles. The zero-order valence-corrected chi connectivity index (χ0v) is 16.4. The molecule has 1 aliphatic rings. The summed E-state index contributed by atoms with van der Waals surface area (Å²) in [5.41, 5.74) is -0.521. The van der Waals surface area contributed by atoms with Crippen molar-refractivity contribution in [1.82, 2.24) is 9.62 Å². The third kappa shape index (κ3) is 6.66. The first-order valence-electron chi connectivity index (χ1n) is 8.66. The number of piperidine rings is 1.